The second kappa shape index (κ2) is 7.91. The first-order valence-electron chi connectivity index (χ1n) is 9.03. The zero-order chi connectivity index (χ0) is 19.7. The lowest BCUT2D eigenvalue weighted by molar-refractivity contribution is 0.209. The van der Waals surface area contributed by atoms with E-state index in [1.807, 2.05) is 60.4 Å². The predicted molar refractivity (Wildman–Crippen MR) is 113 cm³/mol. The van der Waals surface area contributed by atoms with Gasteiger partial charge >= 0.3 is 0 Å². The van der Waals surface area contributed by atoms with Crippen LogP contribution in [0.1, 0.15) is 29.1 Å². The third kappa shape index (κ3) is 3.51. The molecule has 0 aliphatic carbocycles. The Labute approximate surface area is 174 Å². The minimum Gasteiger partial charge on any atom is -0.459 e. The number of benzene rings is 1. The Morgan fingerprint density at radius 2 is 2.11 bits per heavy atom. The van der Waals surface area contributed by atoms with E-state index in [0.717, 1.165) is 28.3 Å². The van der Waals surface area contributed by atoms with Gasteiger partial charge in [-0.3, -0.25) is 4.98 Å². The molecule has 1 aromatic carbocycles. The number of thiocarbonyl (C=S) groups is 1. The number of pyridine rings is 1. The monoisotopic (exact) mass is 413 g/mol. The molecule has 0 bridgehead atoms. The quantitative estimate of drug-likeness (QED) is 0.609. The van der Waals surface area contributed by atoms with Crippen LogP contribution in [0.25, 0.3) is 11.3 Å². The summed E-state index contributed by atoms with van der Waals surface area (Å²) in [6.07, 6.45) is 1.76. The fraction of sp³-hybridized carbons (Fsp3) is 0.238. The number of hydrogen-bond acceptors (Lipinski definition) is 4. The minimum absolute atomic E-state index is 0.00556. The van der Waals surface area contributed by atoms with Gasteiger partial charge < -0.3 is 19.7 Å². The van der Waals surface area contributed by atoms with Gasteiger partial charge in [-0.2, -0.15) is 0 Å². The lowest BCUT2D eigenvalue weighted by Gasteiger charge is -2.25. The van der Waals surface area contributed by atoms with E-state index < -0.39 is 0 Å². The maximum atomic E-state index is 9.52. The molecule has 2 atom stereocenters. The normalized spacial score (nSPS) is 19.1. The highest BCUT2D eigenvalue weighted by Gasteiger charge is 2.41. The smallest absolute Gasteiger partial charge is 0.170 e. The van der Waals surface area contributed by atoms with Gasteiger partial charge in [0, 0.05) is 23.3 Å². The average molecular weight is 414 g/mol. The Morgan fingerprint density at radius 1 is 1.25 bits per heavy atom. The third-order valence-electron chi connectivity index (χ3n) is 4.91. The highest BCUT2D eigenvalue weighted by Crippen LogP contribution is 2.40. The Bertz CT molecular complexity index is 992. The molecule has 1 aliphatic rings. The van der Waals surface area contributed by atoms with Crippen molar-refractivity contribution >= 4 is 28.9 Å². The summed E-state index contributed by atoms with van der Waals surface area (Å²) in [5.74, 6) is 1.49. The predicted octanol–water partition coefficient (Wildman–Crippen LogP) is 4.27. The summed E-state index contributed by atoms with van der Waals surface area (Å²) in [5, 5.41) is 14.1. The molecule has 1 saturated heterocycles. The molecule has 4 rings (SSSR count). The molecule has 0 spiro atoms. The molecule has 28 heavy (non-hydrogen) atoms. The summed E-state index contributed by atoms with van der Waals surface area (Å²) >= 11 is 11.8. The number of nitrogens with one attached hydrogen (secondary N) is 1. The molecule has 1 aliphatic heterocycles. The van der Waals surface area contributed by atoms with E-state index >= 15 is 0 Å². The maximum Gasteiger partial charge on any atom is 0.170 e. The van der Waals surface area contributed by atoms with Crippen molar-refractivity contribution in [1.82, 2.24) is 15.2 Å². The van der Waals surface area contributed by atoms with Crippen molar-refractivity contribution < 1.29 is 9.52 Å². The molecule has 3 heterocycles. The number of aliphatic hydroxyl groups is 1. The molecule has 0 unspecified atom stereocenters. The molecule has 2 N–H and O–H groups in total. The molecule has 0 saturated carbocycles. The number of aromatic nitrogens is 1. The van der Waals surface area contributed by atoms with Crippen LogP contribution in [0.2, 0.25) is 5.02 Å². The molecular weight excluding hydrogens is 394 g/mol. The summed E-state index contributed by atoms with van der Waals surface area (Å²) in [6, 6.07) is 15.2. The second-order valence-corrected chi connectivity index (χ2v) is 7.50. The van der Waals surface area contributed by atoms with Crippen molar-refractivity contribution in [1.29, 1.82) is 0 Å². The van der Waals surface area contributed by atoms with Gasteiger partial charge in [-0.05, 0) is 55.0 Å². The highest BCUT2D eigenvalue weighted by molar-refractivity contribution is 7.80. The van der Waals surface area contributed by atoms with Crippen molar-refractivity contribution in [2.75, 3.05) is 13.2 Å². The lowest BCUT2D eigenvalue weighted by Crippen LogP contribution is -2.32. The van der Waals surface area contributed by atoms with Crippen LogP contribution >= 0.6 is 23.8 Å². The van der Waals surface area contributed by atoms with Crippen LogP contribution in [-0.4, -0.2) is 33.3 Å². The van der Waals surface area contributed by atoms with Crippen molar-refractivity contribution in [3.05, 3.63) is 76.8 Å². The van der Waals surface area contributed by atoms with Gasteiger partial charge in [-0.25, -0.2) is 0 Å². The van der Waals surface area contributed by atoms with Crippen LogP contribution < -0.4 is 5.32 Å². The number of furan rings is 1. The number of aryl methyl sites for hydroxylation is 1. The van der Waals surface area contributed by atoms with Crippen LogP contribution in [0.4, 0.5) is 0 Å². The molecule has 5 nitrogen and oxygen atoms in total. The van der Waals surface area contributed by atoms with Crippen LogP contribution in [0.15, 0.2) is 59.1 Å². The van der Waals surface area contributed by atoms with Gasteiger partial charge in [0.25, 0.3) is 0 Å². The Morgan fingerprint density at radius 3 is 2.82 bits per heavy atom. The van der Waals surface area contributed by atoms with E-state index in [2.05, 4.69) is 10.3 Å². The molecule has 2 aromatic heterocycles. The SMILES string of the molecule is Cc1ccc(-c2ccc([C@@H]3[C@H](c4ccccn4)NC(=S)N3CCO)o2)cc1Cl. The minimum atomic E-state index is -0.204. The summed E-state index contributed by atoms with van der Waals surface area (Å²) in [4.78, 5) is 6.43. The summed E-state index contributed by atoms with van der Waals surface area (Å²) < 4.78 is 6.22. The molecule has 144 valence electrons. The van der Waals surface area contributed by atoms with Gasteiger partial charge in [0.05, 0.1) is 18.3 Å². The van der Waals surface area contributed by atoms with Gasteiger partial charge in [0.2, 0.25) is 0 Å². The van der Waals surface area contributed by atoms with Crippen molar-refractivity contribution in [3.8, 4) is 11.3 Å². The molecule has 1 fully saturated rings. The van der Waals surface area contributed by atoms with E-state index in [4.69, 9.17) is 28.2 Å². The van der Waals surface area contributed by atoms with Crippen molar-refractivity contribution in [2.45, 2.75) is 19.0 Å². The topological polar surface area (TPSA) is 61.5 Å². The van der Waals surface area contributed by atoms with Gasteiger partial charge in [-0.1, -0.05) is 29.8 Å². The number of nitrogens with zero attached hydrogens (tertiary/aromatic N) is 2. The molecular formula is C21H20ClN3O2S. The first-order valence-corrected chi connectivity index (χ1v) is 9.82. The lowest BCUT2D eigenvalue weighted by atomic mass is 10.0. The fourth-order valence-corrected chi connectivity index (χ4v) is 3.99. The van der Waals surface area contributed by atoms with Crippen molar-refractivity contribution in [2.24, 2.45) is 0 Å². The number of hydrogen-bond donors (Lipinski definition) is 2. The highest BCUT2D eigenvalue weighted by atomic mass is 35.5. The Hall–Kier alpha value is -2.41. The maximum absolute atomic E-state index is 9.52. The third-order valence-corrected chi connectivity index (χ3v) is 5.67. The summed E-state index contributed by atoms with van der Waals surface area (Å²) in [6.45, 7) is 2.37. The van der Waals surface area contributed by atoms with Crippen LogP contribution in [0.3, 0.4) is 0 Å². The number of rotatable bonds is 5. The van der Waals surface area contributed by atoms with E-state index in [9.17, 15) is 5.11 Å². The standard InChI is InChI=1S/C21H20ClN3O2S/c1-13-5-6-14(12-15(13)22)17-7-8-18(27-17)20-19(16-4-2-3-9-23-16)24-21(28)25(20)10-11-26/h2-9,12,19-20,26H,10-11H2,1H3,(H,24,28)/t19-,20+/m0/s1. The zero-order valence-electron chi connectivity index (χ0n) is 15.3. The molecule has 0 radical (unpaired) electrons. The largest absolute Gasteiger partial charge is 0.459 e. The number of halogens is 1. The van der Waals surface area contributed by atoms with E-state index in [1.54, 1.807) is 6.20 Å². The van der Waals surface area contributed by atoms with Gasteiger partial charge in [-0.15, -0.1) is 0 Å². The van der Waals surface area contributed by atoms with E-state index in [-0.39, 0.29) is 18.7 Å². The van der Waals surface area contributed by atoms with E-state index in [1.165, 1.54) is 0 Å². The second-order valence-electron chi connectivity index (χ2n) is 6.71. The Balaban J connectivity index is 1.72. The zero-order valence-corrected chi connectivity index (χ0v) is 16.9. The molecule has 7 heteroatoms. The summed E-state index contributed by atoms with van der Waals surface area (Å²) in [5.41, 5.74) is 2.80. The van der Waals surface area contributed by atoms with Crippen LogP contribution in [-0.2, 0) is 0 Å². The first kappa shape index (κ1) is 18.9. The van der Waals surface area contributed by atoms with E-state index in [0.29, 0.717) is 16.7 Å². The molecule has 3 aromatic rings. The average Bonchev–Trinajstić information content (AvgIpc) is 3.30. The van der Waals surface area contributed by atoms with Crippen molar-refractivity contribution in [3.63, 3.8) is 0 Å². The first-order chi connectivity index (χ1) is 13.6. The van der Waals surface area contributed by atoms with Gasteiger partial charge in [0.15, 0.2) is 5.11 Å². The Kier molecular flexibility index (Phi) is 5.35. The van der Waals surface area contributed by atoms with Crippen LogP contribution in [0, 0.1) is 6.92 Å². The van der Waals surface area contributed by atoms with Gasteiger partial charge in [0.1, 0.15) is 17.6 Å². The van der Waals surface area contributed by atoms with Crippen LogP contribution in [0.5, 0.6) is 0 Å². The molecule has 0 amide bonds. The number of β-amino-alcohol motifs (C(OH)–C–C–N with tert-alkyl or cyclic N) is 1. The fourth-order valence-electron chi connectivity index (χ4n) is 3.48. The number of aliphatic hydroxyl groups excluding tert-OH is 1. The summed E-state index contributed by atoms with van der Waals surface area (Å²) in [7, 11) is 0.